The van der Waals surface area contributed by atoms with Gasteiger partial charge in [0.15, 0.2) is 0 Å². The second kappa shape index (κ2) is 7.84. The summed E-state index contributed by atoms with van der Waals surface area (Å²) in [6, 6.07) is 0. The first kappa shape index (κ1) is 14.7. The molecule has 0 saturated carbocycles. The number of hydrogen-bond acceptors (Lipinski definition) is 5. The smallest absolute Gasteiger partial charge is 0.223 e. The summed E-state index contributed by atoms with van der Waals surface area (Å²) in [5, 5.41) is 2.73. The fraction of sp³-hybridized carbons (Fsp3) is 0.667. The van der Waals surface area contributed by atoms with Crippen LogP contribution in [-0.4, -0.2) is 30.1 Å². The number of amides is 1. The maximum Gasteiger partial charge on any atom is 0.223 e. The summed E-state index contributed by atoms with van der Waals surface area (Å²) >= 11 is 0. The first-order valence-electron chi connectivity index (χ1n) is 6.21. The van der Waals surface area contributed by atoms with E-state index in [-0.39, 0.29) is 18.4 Å². The van der Waals surface area contributed by atoms with E-state index in [0.29, 0.717) is 25.6 Å². The molecule has 0 saturated heterocycles. The lowest BCUT2D eigenvalue weighted by Gasteiger charge is -2.13. The molecule has 6 nitrogen and oxygen atoms in total. The molecule has 6 heteroatoms. The van der Waals surface area contributed by atoms with Crippen LogP contribution >= 0.6 is 0 Å². The average molecular weight is 255 g/mol. The largest absolute Gasteiger partial charge is 0.444 e. The molecule has 0 spiro atoms. The van der Waals surface area contributed by atoms with Crippen LogP contribution in [0.3, 0.4) is 0 Å². The molecule has 0 aromatic carbocycles. The number of ether oxygens (including phenoxy) is 1. The molecule has 102 valence electrons. The van der Waals surface area contributed by atoms with Crippen molar-refractivity contribution < 1.29 is 13.9 Å². The van der Waals surface area contributed by atoms with Crippen molar-refractivity contribution >= 4 is 5.91 Å². The molecule has 18 heavy (non-hydrogen) atoms. The van der Waals surface area contributed by atoms with Crippen molar-refractivity contribution in [1.29, 1.82) is 0 Å². The van der Waals surface area contributed by atoms with E-state index in [2.05, 4.69) is 10.3 Å². The number of rotatable bonds is 8. The normalized spacial score (nSPS) is 12.4. The lowest BCUT2D eigenvalue weighted by molar-refractivity contribution is -0.124. The molecule has 0 aliphatic carbocycles. The van der Waals surface area contributed by atoms with Crippen LogP contribution < -0.4 is 11.1 Å². The Hall–Kier alpha value is -1.40. The Morgan fingerprint density at radius 3 is 2.94 bits per heavy atom. The summed E-state index contributed by atoms with van der Waals surface area (Å²) in [5.41, 5.74) is 5.50. The number of oxazole rings is 1. The Kier molecular flexibility index (Phi) is 6.38. The van der Waals surface area contributed by atoms with E-state index in [9.17, 15) is 4.79 Å². The zero-order chi connectivity index (χ0) is 13.4. The van der Waals surface area contributed by atoms with Crippen LogP contribution in [0, 0.1) is 0 Å². The van der Waals surface area contributed by atoms with Crippen molar-refractivity contribution in [2.45, 2.75) is 39.3 Å². The predicted octanol–water partition coefficient (Wildman–Crippen LogP) is 0.607. The van der Waals surface area contributed by atoms with Gasteiger partial charge in [0.05, 0.1) is 25.3 Å². The Bertz CT molecular complexity index is 365. The first-order valence-corrected chi connectivity index (χ1v) is 6.21. The molecule has 1 rings (SSSR count). The summed E-state index contributed by atoms with van der Waals surface area (Å²) in [6.07, 6.45) is 2.49. The van der Waals surface area contributed by atoms with E-state index >= 15 is 0 Å². The van der Waals surface area contributed by atoms with Crippen molar-refractivity contribution in [3.8, 4) is 0 Å². The van der Waals surface area contributed by atoms with E-state index in [4.69, 9.17) is 14.9 Å². The highest BCUT2D eigenvalue weighted by Gasteiger charge is 2.12. The summed E-state index contributed by atoms with van der Waals surface area (Å²) in [5.74, 6) is 1.21. The number of nitrogens with one attached hydrogen (secondary N) is 1. The minimum Gasteiger partial charge on any atom is -0.444 e. The number of carbonyl (C=O) groups excluding carboxylic acids is 1. The molecule has 0 radical (unpaired) electrons. The van der Waals surface area contributed by atoms with Crippen LogP contribution in [0.5, 0.6) is 0 Å². The van der Waals surface area contributed by atoms with Gasteiger partial charge in [0.2, 0.25) is 11.8 Å². The van der Waals surface area contributed by atoms with Crippen molar-refractivity contribution in [3.63, 3.8) is 0 Å². The number of aryl methyl sites for hydroxylation is 1. The van der Waals surface area contributed by atoms with E-state index in [1.54, 1.807) is 6.20 Å². The second-order valence-corrected chi connectivity index (χ2v) is 3.87. The number of hydrogen-bond donors (Lipinski definition) is 2. The van der Waals surface area contributed by atoms with Gasteiger partial charge in [-0.15, -0.1) is 0 Å². The number of aromatic nitrogens is 1. The van der Waals surface area contributed by atoms with Gasteiger partial charge in [-0.1, -0.05) is 6.92 Å². The lowest BCUT2D eigenvalue weighted by atomic mass is 10.2. The maximum absolute atomic E-state index is 11.6. The van der Waals surface area contributed by atoms with Gasteiger partial charge < -0.3 is 20.2 Å². The van der Waals surface area contributed by atoms with Crippen LogP contribution in [0.2, 0.25) is 0 Å². The molecule has 3 N–H and O–H groups in total. The molecule has 0 aliphatic heterocycles. The SMILES string of the molecule is CCOC(CN)CC(=O)NCc1ncc(CC)o1. The molecule has 1 aromatic heterocycles. The van der Waals surface area contributed by atoms with Gasteiger partial charge in [0.1, 0.15) is 5.76 Å². The molecule has 0 fully saturated rings. The molecule has 1 aromatic rings. The minimum absolute atomic E-state index is 0.116. The van der Waals surface area contributed by atoms with Gasteiger partial charge in [-0.3, -0.25) is 4.79 Å². The van der Waals surface area contributed by atoms with Crippen LogP contribution in [-0.2, 0) is 22.5 Å². The molecule has 1 unspecified atom stereocenters. The third kappa shape index (κ3) is 4.85. The highest BCUT2D eigenvalue weighted by molar-refractivity contribution is 5.76. The molecule has 1 atom stereocenters. The van der Waals surface area contributed by atoms with E-state index in [1.807, 2.05) is 13.8 Å². The number of nitrogens with zero attached hydrogens (tertiary/aromatic N) is 1. The van der Waals surface area contributed by atoms with Gasteiger partial charge >= 0.3 is 0 Å². The summed E-state index contributed by atoms with van der Waals surface area (Å²) in [6.45, 7) is 5.04. The highest BCUT2D eigenvalue weighted by Crippen LogP contribution is 2.04. The van der Waals surface area contributed by atoms with Crippen LogP contribution in [0.1, 0.15) is 31.9 Å². The van der Waals surface area contributed by atoms with Crippen molar-refractivity contribution in [2.24, 2.45) is 5.73 Å². The van der Waals surface area contributed by atoms with Crippen LogP contribution in [0.25, 0.3) is 0 Å². The monoisotopic (exact) mass is 255 g/mol. The summed E-state index contributed by atoms with van der Waals surface area (Å²) in [4.78, 5) is 15.7. The van der Waals surface area contributed by atoms with E-state index in [0.717, 1.165) is 12.2 Å². The predicted molar refractivity (Wildman–Crippen MR) is 66.8 cm³/mol. The number of carbonyl (C=O) groups is 1. The first-order chi connectivity index (χ1) is 8.69. The molecule has 1 heterocycles. The Morgan fingerprint density at radius 2 is 2.39 bits per heavy atom. The minimum atomic E-state index is -0.231. The average Bonchev–Trinajstić information content (AvgIpc) is 2.83. The Morgan fingerprint density at radius 1 is 1.61 bits per heavy atom. The standard InChI is InChI=1S/C12H21N3O3/c1-3-9-7-15-12(18-9)8-14-11(16)5-10(6-13)17-4-2/h7,10H,3-6,8,13H2,1-2H3,(H,14,16). The molecule has 0 bridgehead atoms. The molecular weight excluding hydrogens is 234 g/mol. The lowest BCUT2D eigenvalue weighted by Crippen LogP contribution is -2.32. The van der Waals surface area contributed by atoms with E-state index < -0.39 is 0 Å². The van der Waals surface area contributed by atoms with Crippen LogP contribution in [0.4, 0.5) is 0 Å². The topological polar surface area (TPSA) is 90.4 Å². The fourth-order valence-corrected chi connectivity index (χ4v) is 1.49. The summed E-state index contributed by atoms with van der Waals surface area (Å²) < 4.78 is 10.7. The fourth-order valence-electron chi connectivity index (χ4n) is 1.49. The zero-order valence-electron chi connectivity index (χ0n) is 10.9. The third-order valence-electron chi connectivity index (χ3n) is 2.47. The zero-order valence-corrected chi connectivity index (χ0v) is 10.9. The van der Waals surface area contributed by atoms with Gasteiger partial charge in [-0.05, 0) is 6.92 Å². The maximum atomic E-state index is 11.6. The quantitative estimate of drug-likeness (QED) is 0.710. The molecular formula is C12H21N3O3. The highest BCUT2D eigenvalue weighted by atomic mass is 16.5. The van der Waals surface area contributed by atoms with Crippen molar-refractivity contribution in [3.05, 3.63) is 17.8 Å². The number of nitrogens with two attached hydrogens (primary N) is 1. The van der Waals surface area contributed by atoms with E-state index in [1.165, 1.54) is 0 Å². The third-order valence-corrected chi connectivity index (χ3v) is 2.47. The molecule has 0 aliphatic rings. The van der Waals surface area contributed by atoms with Crippen LogP contribution in [0.15, 0.2) is 10.6 Å². The van der Waals surface area contributed by atoms with Crippen molar-refractivity contribution in [2.75, 3.05) is 13.2 Å². The Labute approximate surface area is 107 Å². The van der Waals surface area contributed by atoms with Gasteiger partial charge in [0.25, 0.3) is 0 Å². The summed E-state index contributed by atoms with van der Waals surface area (Å²) in [7, 11) is 0. The van der Waals surface area contributed by atoms with Crippen molar-refractivity contribution in [1.82, 2.24) is 10.3 Å². The second-order valence-electron chi connectivity index (χ2n) is 3.87. The van der Waals surface area contributed by atoms with Gasteiger partial charge in [-0.2, -0.15) is 0 Å². The molecule has 1 amide bonds. The van der Waals surface area contributed by atoms with Gasteiger partial charge in [-0.25, -0.2) is 4.98 Å². The Balaban J connectivity index is 2.31. The van der Waals surface area contributed by atoms with Gasteiger partial charge in [0, 0.05) is 19.6 Å².